The molecule has 17 heavy (non-hydrogen) atoms. The summed E-state index contributed by atoms with van der Waals surface area (Å²) >= 11 is 0. The van der Waals surface area contributed by atoms with Gasteiger partial charge in [-0.05, 0) is 24.6 Å². The maximum Gasteiger partial charge on any atom is 0.320 e. The van der Waals surface area contributed by atoms with E-state index in [0.717, 1.165) is 16.5 Å². The molecular formula is C13H14N2O2. The molecule has 0 aliphatic heterocycles. The Morgan fingerprint density at radius 2 is 2.18 bits per heavy atom. The molecule has 0 unspecified atom stereocenters. The van der Waals surface area contributed by atoms with Crippen LogP contribution < -0.4 is 5.32 Å². The van der Waals surface area contributed by atoms with Gasteiger partial charge in [-0.1, -0.05) is 18.2 Å². The van der Waals surface area contributed by atoms with Gasteiger partial charge < -0.3 is 10.4 Å². The van der Waals surface area contributed by atoms with Crippen molar-refractivity contribution < 1.29 is 9.90 Å². The van der Waals surface area contributed by atoms with Crippen LogP contribution in [0.3, 0.4) is 0 Å². The van der Waals surface area contributed by atoms with Gasteiger partial charge >= 0.3 is 5.97 Å². The maximum absolute atomic E-state index is 10.7. The molecule has 0 radical (unpaired) electrons. The van der Waals surface area contributed by atoms with E-state index >= 15 is 0 Å². The molecule has 0 aliphatic carbocycles. The first-order valence-electron chi connectivity index (χ1n) is 5.47. The van der Waals surface area contributed by atoms with Gasteiger partial charge in [0.15, 0.2) is 0 Å². The fourth-order valence-corrected chi connectivity index (χ4v) is 1.66. The number of nitrogens with one attached hydrogen (secondary N) is 1. The number of carboxylic acid groups (broad SMARTS) is 1. The molecule has 4 heteroatoms. The monoisotopic (exact) mass is 230 g/mol. The molecule has 1 aromatic heterocycles. The fraction of sp³-hybridized carbons (Fsp3) is 0.231. The van der Waals surface area contributed by atoms with Crippen molar-refractivity contribution in [2.75, 3.05) is 0 Å². The van der Waals surface area contributed by atoms with E-state index in [9.17, 15) is 4.79 Å². The van der Waals surface area contributed by atoms with Gasteiger partial charge in [0.2, 0.25) is 0 Å². The van der Waals surface area contributed by atoms with Crippen LogP contribution in [0.1, 0.15) is 12.5 Å². The Bertz CT molecular complexity index is 534. The number of hydrogen-bond acceptors (Lipinski definition) is 3. The molecular weight excluding hydrogens is 216 g/mol. The van der Waals surface area contributed by atoms with Crippen molar-refractivity contribution in [3.63, 3.8) is 0 Å². The summed E-state index contributed by atoms with van der Waals surface area (Å²) < 4.78 is 0. The highest BCUT2D eigenvalue weighted by Gasteiger charge is 2.10. The lowest BCUT2D eigenvalue weighted by Crippen LogP contribution is -2.33. The third kappa shape index (κ3) is 2.60. The maximum atomic E-state index is 10.7. The molecule has 4 nitrogen and oxygen atoms in total. The lowest BCUT2D eigenvalue weighted by Gasteiger charge is -2.10. The van der Waals surface area contributed by atoms with E-state index in [2.05, 4.69) is 10.3 Å². The zero-order chi connectivity index (χ0) is 12.3. The summed E-state index contributed by atoms with van der Waals surface area (Å²) in [5.41, 5.74) is 1.98. The van der Waals surface area contributed by atoms with Gasteiger partial charge in [-0.3, -0.25) is 9.78 Å². The number of nitrogens with zero attached hydrogens (tertiary/aromatic N) is 1. The molecule has 0 saturated heterocycles. The molecule has 1 atom stereocenters. The van der Waals surface area contributed by atoms with Gasteiger partial charge in [0, 0.05) is 18.1 Å². The summed E-state index contributed by atoms with van der Waals surface area (Å²) in [6.45, 7) is 2.15. The molecule has 1 heterocycles. The van der Waals surface area contributed by atoms with E-state index in [0.29, 0.717) is 6.54 Å². The smallest absolute Gasteiger partial charge is 0.320 e. The summed E-state index contributed by atoms with van der Waals surface area (Å²) in [6.07, 6.45) is 1.74. The molecule has 0 fully saturated rings. The standard InChI is InChI=1S/C13H14N2O2/c1-9(13(16)17)15-8-10-6-7-14-12-5-3-2-4-11(10)12/h2-7,9,15H,8H2,1H3,(H,16,17)/t9-/m1/s1. The molecule has 2 aromatic rings. The number of aliphatic carboxylic acids is 1. The van der Waals surface area contributed by atoms with Crippen LogP contribution in [0.5, 0.6) is 0 Å². The average molecular weight is 230 g/mol. The van der Waals surface area contributed by atoms with E-state index in [-0.39, 0.29) is 0 Å². The second-order valence-electron chi connectivity index (χ2n) is 3.93. The molecule has 1 aromatic carbocycles. The van der Waals surface area contributed by atoms with Gasteiger partial charge in [-0.25, -0.2) is 0 Å². The van der Waals surface area contributed by atoms with E-state index in [1.54, 1.807) is 13.1 Å². The quantitative estimate of drug-likeness (QED) is 0.840. The molecule has 0 saturated carbocycles. The van der Waals surface area contributed by atoms with Crippen molar-refractivity contribution >= 4 is 16.9 Å². The Hall–Kier alpha value is -1.94. The number of fused-ring (bicyclic) bond motifs is 1. The summed E-state index contributed by atoms with van der Waals surface area (Å²) in [5, 5.41) is 12.8. The summed E-state index contributed by atoms with van der Waals surface area (Å²) in [4.78, 5) is 15.0. The van der Waals surface area contributed by atoms with Crippen LogP contribution in [-0.2, 0) is 11.3 Å². The second-order valence-corrected chi connectivity index (χ2v) is 3.93. The first-order chi connectivity index (χ1) is 8.18. The van der Waals surface area contributed by atoms with Crippen LogP contribution >= 0.6 is 0 Å². The highest BCUT2D eigenvalue weighted by molar-refractivity contribution is 5.81. The first-order valence-corrected chi connectivity index (χ1v) is 5.47. The molecule has 0 bridgehead atoms. The predicted molar refractivity (Wildman–Crippen MR) is 65.7 cm³/mol. The molecule has 2 rings (SSSR count). The van der Waals surface area contributed by atoms with Gasteiger partial charge in [-0.15, -0.1) is 0 Å². The highest BCUT2D eigenvalue weighted by atomic mass is 16.4. The fourth-order valence-electron chi connectivity index (χ4n) is 1.66. The van der Waals surface area contributed by atoms with Crippen LogP contribution in [-0.4, -0.2) is 22.1 Å². The average Bonchev–Trinajstić information content (AvgIpc) is 2.35. The molecule has 2 N–H and O–H groups in total. The number of carbonyl (C=O) groups is 1. The molecule has 0 amide bonds. The van der Waals surface area contributed by atoms with Crippen LogP contribution in [0.15, 0.2) is 36.5 Å². The highest BCUT2D eigenvalue weighted by Crippen LogP contribution is 2.15. The molecule has 0 spiro atoms. The predicted octanol–water partition coefficient (Wildman–Crippen LogP) is 1.80. The minimum Gasteiger partial charge on any atom is -0.480 e. The zero-order valence-corrected chi connectivity index (χ0v) is 9.55. The number of pyridine rings is 1. The van der Waals surface area contributed by atoms with Crippen molar-refractivity contribution in [3.05, 3.63) is 42.1 Å². The van der Waals surface area contributed by atoms with Gasteiger partial charge in [0.05, 0.1) is 5.52 Å². The normalized spacial score (nSPS) is 12.5. The van der Waals surface area contributed by atoms with Crippen molar-refractivity contribution in [1.29, 1.82) is 0 Å². The number of hydrogen-bond donors (Lipinski definition) is 2. The Balaban J connectivity index is 2.21. The van der Waals surface area contributed by atoms with E-state index < -0.39 is 12.0 Å². The van der Waals surface area contributed by atoms with Gasteiger partial charge in [0.25, 0.3) is 0 Å². The van der Waals surface area contributed by atoms with E-state index in [4.69, 9.17) is 5.11 Å². The summed E-state index contributed by atoms with van der Waals surface area (Å²) in [7, 11) is 0. The first kappa shape index (κ1) is 11.5. The number of carboxylic acids is 1. The third-order valence-electron chi connectivity index (χ3n) is 2.71. The summed E-state index contributed by atoms with van der Waals surface area (Å²) in [6, 6.07) is 9.18. The van der Waals surface area contributed by atoms with Crippen LogP contribution in [0.4, 0.5) is 0 Å². The van der Waals surface area contributed by atoms with E-state index in [1.165, 1.54) is 0 Å². The van der Waals surface area contributed by atoms with Crippen molar-refractivity contribution in [2.24, 2.45) is 0 Å². The SMILES string of the molecule is C[C@@H](NCc1ccnc2ccccc12)C(=O)O. The Labute approximate surface area is 99.3 Å². The Morgan fingerprint density at radius 3 is 2.94 bits per heavy atom. The van der Waals surface area contributed by atoms with E-state index in [1.807, 2.05) is 30.3 Å². The third-order valence-corrected chi connectivity index (χ3v) is 2.71. The molecule has 0 aliphatic rings. The van der Waals surface area contributed by atoms with Crippen LogP contribution in [0.2, 0.25) is 0 Å². The molecule has 88 valence electrons. The minimum absolute atomic E-state index is 0.524. The van der Waals surface area contributed by atoms with Crippen molar-refractivity contribution in [1.82, 2.24) is 10.3 Å². The number of para-hydroxylation sites is 1. The number of aromatic nitrogens is 1. The number of rotatable bonds is 4. The topological polar surface area (TPSA) is 62.2 Å². The Kier molecular flexibility index (Phi) is 3.35. The largest absolute Gasteiger partial charge is 0.480 e. The zero-order valence-electron chi connectivity index (χ0n) is 9.55. The lowest BCUT2D eigenvalue weighted by atomic mass is 10.1. The van der Waals surface area contributed by atoms with Crippen molar-refractivity contribution in [3.8, 4) is 0 Å². The van der Waals surface area contributed by atoms with Gasteiger partial charge in [-0.2, -0.15) is 0 Å². The van der Waals surface area contributed by atoms with Crippen molar-refractivity contribution in [2.45, 2.75) is 19.5 Å². The second kappa shape index (κ2) is 4.93. The van der Waals surface area contributed by atoms with Crippen LogP contribution in [0.25, 0.3) is 10.9 Å². The lowest BCUT2D eigenvalue weighted by molar-refractivity contribution is -0.139. The minimum atomic E-state index is -0.844. The van der Waals surface area contributed by atoms with Gasteiger partial charge in [0.1, 0.15) is 6.04 Å². The number of benzene rings is 1. The van der Waals surface area contributed by atoms with Crippen LogP contribution in [0, 0.1) is 0 Å². The summed E-state index contributed by atoms with van der Waals surface area (Å²) in [5.74, 6) is -0.844. The Morgan fingerprint density at radius 1 is 1.41 bits per heavy atom.